The minimum Gasteiger partial charge on any atom is -0.483 e. The number of carbonyl (C=O) groups is 2. The second-order valence-corrected chi connectivity index (χ2v) is 5.22. The van der Waals surface area contributed by atoms with E-state index in [-0.39, 0.29) is 25.0 Å². The normalized spacial score (nSPS) is 10.1. The standard InChI is InChI=1S/C15H21ClN2O3/c1-4-5-17-13(19)8-18-14(20)9-21-15-10(2)6-12(16)7-11(15)3/h6-7H,4-5,8-9H2,1-3H3,(H,17,19)(H,18,20). The van der Waals surface area contributed by atoms with Crippen LogP contribution in [0.2, 0.25) is 5.02 Å². The highest BCUT2D eigenvalue weighted by Gasteiger charge is 2.09. The van der Waals surface area contributed by atoms with Crippen LogP contribution in [0.3, 0.4) is 0 Å². The zero-order valence-electron chi connectivity index (χ0n) is 12.6. The predicted octanol–water partition coefficient (Wildman–Crippen LogP) is 1.98. The lowest BCUT2D eigenvalue weighted by molar-refractivity contribution is -0.127. The maximum absolute atomic E-state index is 11.6. The molecule has 0 aromatic heterocycles. The molecule has 0 unspecified atom stereocenters. The third kappa shape index (κ3) is 6.04. The van der Waals surface area contributed by atoms with Crippen LogP contribution < -0.4 is 15.4 Å². The van der Waals surface area contributed by atoms with Gasteiger partial charge in [-0.05, 0) is 43.5 Å². The summed E-state index contributed by atoms with van der Waals surface area (Å²) in [6.45, 7) is 6.12. The molecular weight excluding hydrogens is 292 g/mol. The first-order chi connectivity index (χ1) is 9.93. The lowest BCUT2D eigenvalue weighted by Gasteiger charge is -2.12. The van der Waals surface area contributed by atoms with Gasteiger partial charge in [0.05, 0.1) is 6.54 Å². The van der Waals surface area contributed by atoms with Crippen molar-refractivity contribution in [3.8, 4) is 5.75 Å². The monoisotopic (exact) mass is 312 g/mol. The minimum atomic E-state index is -0.338. The summed E-state index contributed by atoms with van der Waals surface area (Å²) >= 11 is 5.93. The highest BCUT2D eigenvalue weighted by Crippen LogP contribution is 2.26. The predicted molar refractivity (Wildman–Crippen MR) is 82.7 cm³/mol. The van der Waals surface area contributed by atoms with Crippen LogP contribution in [-0.4, -0.2) is 31.5 Å². The average Bonchev–Trinajstić information content (AvgIpc) is 2.41. The van der Waals surface area contributed by atoms with Gasteiger partial charge in [0.25, 0.3) is 5.91 Å². The van der Waals surface area contributed by atoms with Gasteiger partial charge in [-0.3, -0.25) is 9.59 Å². The first-order valence-corrected chi connectivity index (χ1v) is 7.24. The minimum absolute atomic E-state index is 0.0409. The molecule has 116 valence electrons. The van der Waals surface area contributed by atoms with E-state index in [9.17, 15) is 9.59 Å². The van der Waals surface area contributed by atoms with Crippen molar-refractivity contribution in [1.29, 1.82) is 0 Å². The first kappa shape index (κ1) is 17.3. The summed E-state index contributed by atoms with van der Waals surface area (Å²) < 4.78 is 5.50. The van der Waals surface area contributed by atoms with Crippen molar-refractivity contribution in [2.24, 2.45) is 0 Å². The molecule has 1 aromatic carbocycles. The van der Waals surface area contributed by atoms with Gasteiger partial charge in [0.2, 0.25) is 5.91 Å². The SMILES string of the molecule is CCCNC(=O)CNC(=O)COc1c(C)cc(Cl)cc1C. The van der Waals surface area contributed by atoms with Gasteiger partial charge in [-0.25, -0.2) is 0 Å². The second kappa shape index (κ2) is 8.52. The Morgan fingerprint density at radius 2 is 1.76 bits per heavy atom. The van der Waals surface area contributed by atoms with Gasteiger partial charge in [-0.1, -0.05) is 18.5 Å². The molecule has 0 aliphatic rings. The Hall–Kier alpha value is -1.75. The van der Waals surface area contributed by atoms with Gasteiger partial charge >= 0.3 is 0 Å². The Balaban J connectivity index is 2.42. The van der Waals surface area contributed by atoms with Gasteiger partial charge in [0, 0.05) is 11.6 Å². The van der Waals surface area contributed by atoms with Gasteiger partial charge in [0.15, 0.2) is 6.61 Å². The van der Waals surface area contributed by atoms with Gasteiger partial charge < -0.3 is 15.4 Å². The maximum atomic E-state index is 11.6. The summed E-state index contributed by atoms with van der Waals surface area (Å²) in [7, 11) is 0. The number of hydrogen-bond donors (Lipinski definition) is 2. The molecule has 0 spiro atoms. The lowest BCUT2D eigenvalue weighted by Crippen LogP contribution is -2.39. The fraction of sp³-hybridized carbons (Fsp3) is 0.467. The molecule has 2 amide bonds. The third-order valence-corrected chi connectivity index (χ3v) is 3.01. The summed E-state index contributed by atoms with van der Waals surface area (Å²) in [5, 5.41) is 5.82. The van der Waals surface area contributed by atoms with Crippen LogP contribution in [0.15, 0.2) is 12.1 Å². The Labute approximate surface area is 130 Å². The molecule has 0 aliphatic carbocycles. The number of aryl methyl sites for hydroxylation is 2. The summed E-state index contributed by atoms with van der Waals surface area (Å²) in [6, 6.07) is 3.56. The van der Waals surface area contributed by atoms with Crippen molar-refractivity contribution in [3.05, 3.63) is 28.3 Å². The van der Waals surface area contributed by atoms with Crippen molar-refractivity contribution < 1.29 is 14.3 Å². The van der Waals surface area contributed by atoms with E-state index in [0.717, 1.165) is 17.5 Å². The summed E-state index contributed by atoms with van der Waals surface area (Å²) in [5.74, 6) is 0.101. The number of carbonyl (C=O) groups excluding carboxylic acids is 2. The molecule has 6 heteroatoms. The summed E-state index contributed by atoms with van der Waals surface area (Å²) in [5.41, 5.74) is 1.74. The number of ether oxygens (including phenoxy) is 1. The summed E-state index contributed by atoms with van der Waals surface area (Å²) in [4.78, 5) is 23.0. The van der Waals surface area contributed by atoms with Crippen LogP contribution in [0.25, 0.3) is 0 Å². The van der Waals surface area contributed by atoms with Gasteiger partial charge in [-0.2, -0.15) is 0 Å². The molecule has 0 bridgehead atoms. The van der Waals surface area contributed by atoms with Crippen molar-refractivity contribution >= 4 is 23.4 Å². The summed E-state index contributed by atoms with van der Waals surface area (Å²) in [6.07, 6.45) is 0.859. The van der Waals surface area contributed by atoms with E-state index in [4.69, 9.17) is 16.3 Å². The molecule has 0 heterocycles. The average molecular weight is 313 g/mol. The number of rotatable bonds is 7. The zero-order valence-corrected chi connectivity index (χ0v) is 13.3. The molecule has 1 rings (SSSR count). The number of nitrogens with one attached hydrogen (secondary N) is 2. The zero-order chi connectivity index (χ0) is 15.8. The van der Waals surface area contributed by atoms with Crippen molar-refractivity contribution in [2.75, 3.05) is 19.7 Å². The van der Waals surface area contributed by atoms with E-state index in [1.54, 1.807) is 12.1 Å². The number of hydrogen-bond acceptors (Lipinski definition) is 3. The lowest BCUT2D eigenvalue weighted by atomic mass is 10.1. The quantitative estimate of drug-likeness (QED) is 0.809. The van der Waals surface area contributed by atoms with E-state index in [1.165, 1.54) is 0 Å². The Bertz CT molecular complexity index is 495. The maximum Gasteiger partial charge on any atom is 0.258 e. The fourth-order valence-corrected chi connectivity index (χ4v) is 2.15. The highest BCUT2D eigenvalue weighted by molar-refractivity contribution is 6.30. The number of benzene rings is 1. The first-order valence-electron chi connectivity index (χ1n) is 6.87. The van der Waals surface area contributed by atoms with Crippen molar-refractivity contribution in [1.82, 2.24) is 10.6 Å². The van der Waals surface area contributed by atoms with Crippen LogP contribution in [0.1, 0.15) is 24.5 Å². The van der Waals surface area contributed by atoms with E-state index >= 15 is 0 Å². The molecule has 0 saturated carbocycles. The van der Waals surface area contributed by atoms with Gasteiger partial charge in [0.1, 0.15) is 5.75 Å². The Kier molecular flexibility index (Phi) is 7.02. The molecule has 2 N–H and O–H groups in total. The molecule has 5 nitrogen and oxygen atoms in total. The Morgan fingerprint density at radius 1 is 1.14 bits per heavy atom. The van der Waals surface area contributed by atoms with Crippen LogP contribution in [0, 0.1) is 13.8 Å². The van der Waals surface area contributed by atoms with E-state index < -0.39 is 0 Å². The second-order valence-electron chi connectivity index (χ2n) is 4.78. The van der Waals surface area contributed by atoms with E-state index in [2.05, 4.69) is 10.6 Å². The molecule has 21 heavy (non-hydrogen) atoms. The van der Waals surface area contributed by atoms with E-state index in [0.29, 0.717) is 17.3 Å². The number of halogens is 1. The van der Waals surface area contributed by atoms with Crippen molar-refractivity contribution in [2.45, 2.75) is 27.2 Å². The fourth-order valence-electron chi connectivity index (χ4n) is 1.82. The van der Waals surface area contributed by atoms with Crippen LogP contribution >= 0.6 is 11.6 Å². The number of amides is 2. The third-order valence-electron chi connectivity index (χ3n) is 2.79. The molecule has 0 atom stereocenters. The van der Waals surface area contributed by atoms with Crippen LogP contribution in [-0.2, 0) is 9.59 Å². The largest absolute Gasteiger partial charge is 0.483 e. The molecule has 0 saturated heterocycles. The molecule has 1 aromatic rings. The molecule has 0 radical (unpaired) electrons. The van der Waals surface area contributed by atoms with Crippen LogP contribution in [0.4, 0.5) is 0 Å². The van der Waals surface area contributed by atoms with Crippen molar-refractivity contribution in [3.63, 3.8) is 0 Å². The smallest absolute Gasteiger partial charge is 0.258 e. The molecular formula is C15H21ClN2O3. The highest BCUT2D eigenvalue weighted by atomic mass is 35.5. The van der Waals surface area contributed by atoms with E-state index in [1.807, 2.05) is 20.8 Å². The van der Waals surface area contributed by atoms with Gasteiger partial charge in [-0.15, -0.1) is 0 Å². The Morgan fingerprint density at radius 3 is 2.33 bits per heavy atom. The molecule has 0 aliphatic heterocycles. The van der Waals surface area contributed by atoms with Crippen LogP contribution in [0.5, 0.6) is 5.75 Å². The molecule has 0 fully saturated rings. The topological polar surface area (TPSA) is 67.4 Å².